The minimum Gasteiger partial charge on any atom is -0.380 e. The zero-order chi connectivity index (χ0) is 12.0. The van der Waals surface area contributed by atoms with E-state index in [9.17, 15) is 8.42 Å². The van der Waals surface area contributed by atoms with Crippen molar-refractivity contribution in [2.24, 2.45) is 0 Å². The van der Waals surface area contributed by atoms with Gasteiger partial charge in [0, 0.05) is 19.7 Å². The molecule has 0 aromatic carbocycles. The highest BCUT2D eigenvalue weighted by Gasteiger charge is 2.29. The Morgan fingerprint density at radius 3 is 2.88 bits per heavy atom. The molecular weight excluding hydrogens is 228 g/mol. The van der Waals surface area contributed by atoms with Gasteiger partial charge in [0.1, 0.15) is 0 Å². The second-order valence-electron chi connectivity index (χ2n) is 4.01. The van der Waals surface area contributed by atoms with Gasteiger partial charge in [-0.15, -0.1) is 0 Å². The van der Waals surface area contributed by atoms with Crippen molar-refractivity contribution in [3.8, 4) is 0 Å². The van der Waals surface area contributed by atoms with Gasteiger partial charge in [0.05, 0.1) is 11.9 Å². The first-order valence-corrected chi connectivity index (χ1v) is 7.37. The molecule has 1 heterocycles. The lowest BCUT2D eigenvalue weighted by molar-refractivity contribution is 0.106. The van der Waals surface area contributed by atoms with Gasteiger partial charge < -0.3 is 4.74 Å². The summed E-state index contributed by atoms with van der Waals surface area (Å²) in [4.78, 5) is 2.17. The van der Waals surface area contributed by atoms with Crippen LogP contribution in [0.3, 0.4) is 0 Å². The van der Waals surface area contributed by atoms with Crippen LogP contribution in [0.4, 0.5) is 0 Å². The van der Waals surface area contributed by atoms with Gasteiger partial charge in [-0.2, -0.15) is 0 Å². The molecule has 5 nitrogen and oxygen atoms in total. The van der Waals surface area contributed by atoms with Crippen LogP contribution in [0.2, 0.25) is 0 Å². The Balaban J connectivity index is 2.41. The van der Waals surface area contributed by atoms with E-state index >= 15 is 0 Å². The van der Waals surface area contributed by atoms with E-state index in [1.807, 2.05) is 6.92 Å². The normalized spacial score (nSPS) is 23.5. The van der Waals surface area contributed by atoms with E-state index in [1.54, 1.807) is 0 Å². The predicted octanol–water partition coefficient (Wildman–Crippen LogP) is 0.0365. The number of likely N-dealkylation sites (tertiary alicyclic amines) is 1. The van der Waals surface area contributed by atoms with Crippen LogP contribution in [0.15, 0.2) is 0 Å². The number of hydrogen-bond acceptors (Lipinski definition) is 4. The maximum Gasteiger partial charge on any atom is 0.215 e. The molecule has 0 unspecified atom stereocenters. The average Bonchev–Trinajstić information content (AvgIpc) is 2.30. The predicted molar refractivity (Wildman–Crippen MR) is 63.9 cm³/mol. The Morgan fingerprint density at radius 2 is 2.25 bits per heavy atom. The minimum absolute atomic E-state index is 0.270. The van der Waals surface area contributed by atoms with Crippen molar-refractivity contribution in [1.29, 1.82) is 0 Å². The van der Waals surface area contributed by atoms with Crippen LogP contribution in [0, 0.1) is 0 Å². The Kier molecular flexibility index (Phi) is 5.68. The fraction of sp³-hybridized carbons (Fsp3) is 1.00. The highest BCUT2D eigenvalue weighted by molar-refractivity contribution is 7.90. The summed E-state index contributed by atoms with van der Waals surface area (Å²) in [6.45, 7) is 5.78. The molecule has 1 aliphatic heterocycles. The standard InChI is InChI=1S/C10H22N2O3S/c1-3-15-8-7-12-6-4-5-10(9-12)16(13,14)11-2/h10-11H,3-9H2,1-2H3/t10-/m0/s1. The third-order valence-electron chi connectivity index (χ3n) is 2.94. The molecule has 1 saturated heterocycles. The number of sulfonamides is 1. The number of rotatable bonds is 6. The summed E-state index contributed by atoms with van der Waals surface area (Å²) in [5.74, 6) is 0. The summed E-state index contributed by atoms with van der Waals surface area (Å²) < 4.78 is 31.0. The summed E-state index contributed by atoms with van der Waals surface area (Å²) >= 11 is 0. The Morgan fingerprint density at radius 1 is 1.50 bits per heavy atom. The zero-order valence-electron chi connectivity index (χ0n) is 10.1. The molecule has 1 rings (SSSR count). The highest BCUT2D eigenvalue weighted by Crippen LogP contribution is 2.15. The van der Waals surface area contributed by atoms with E-state index in [2.05, 4.69) is 9.62 Å². The molecule has 0 saturated carbocycles. The Hall–Kier alpha value is -0.170. The van der Waals surface area contributed by atoms with Crippen LogP contribution in [-0.4, -0.2) is 58.5 Å². The third-order valence-corrected chi connectivity index (χ3v) is 4.77. The molecule has 0 bridgehead atoms. The van der Waals surface area contributed by atoms with Gasteiger partial charge in [-0.25, -0.2) is 13.1 Å². The lowest BCUT2D eigenvalue weighted by atomic mass is 10.1. The number of nitrogens with zero attached hydrogens (tertiary/aromatic N) is 1. The monoisotopic (exact) mass is 250 g/mol. The summed E-state index contributed by atoms with van der Waals surface area (Å²) in [5, 5.41) is -0.270. The summed E-state index contributed by atoms with van der Waals surface area (Å²) in [5.41, 5.74) is 0. The lowest BCUT2D eigenvalue weighted by Gasteiger charge is -2.31. The van der Waals surface area contributed by atoms with Crippen LogP contribution in [0.1, 0.15) is 19.8 Å². The molecule has 0 amide bonds. The fourth-order valence-corrected chi connectivity index (χ4v) is 3.19. The number of piperidine rings is 1. The second-order valence-corrected chi connectivity index (χ2v) is 6.18. The van der Waals surface area contributed by atoms with E-state index in [0.29, 0.717) is 19.8 Å². The van der Waals surface area contributed by atoms with Gasteiger partial charge in [-0.1, -0.05) is 0 Å². The molecule has 1 fully saturated rings. The SMILES string of the molecule is CCOCCN1CCC[C@H](S(=O)(=O)NC)C1. The summed E-state index contributed by atoms with van der Waals surface area (Å²) in [7, 11) is -1.64. The second kappa shape index (κ2) is 6.54. The maximum absolute atomic E-state index is 11.7. The quantitative estimate of drug-likeness (QED) is 0.676. The van der Waals surface area contributed by atoms with Gasteiger partial charge in [0.25, 0.3) is 0 Å². The van der Waals surface area contributed by atoms with Gasteiger partial charge in [0.2, 0.25) is 10.0 Å². The van der Waals surface area contributed by atoms with E-state index < -0.39 is 10.0 Å². The van der Waals surface area contributed by atoms with Crippen molar-refractivity contribution < 1.29 is 13.2 Å². The minimum atomic E-state index is -3.12. The molecule has 0 radical (unpaired) electrons. The number of ether oxygens (including phenoxy) is 1. The molecule has 0 aromatic heterocycles. The third kappa shape index (κ3) is 4.01. The van der Waals surface area contributed by atoms with E-state index in [0.717, 1.165) is 25.9 Å². The molecule has 1 aliphatic rings. The van der Waals surface area contributed by atoms with Crippen LogP contribution in [0.5, 0.6) is 0 Å². The molecule has 16 heavy (non-hydrogen) atoms. The van der Waals surface area contributed by atoms with Crippen molar-refractivity contribution >= 4 is 10.0 Å². The molecule has 0 aromatic rings. The Labute approximate surface area is 98.2 Å². The van der Waals surface area contributed by atoms with Crippen LogP contribution < -0.4 is 4.72 Å². The van der Waals surface area contributed by atoms with Crippen molar-refractivity contribution in [3.05, 3.63) is 0 Å². The zero-order valence-corrected chi connectivity index (χ0v) is 10.9. The smallest absolute Gasteiger partial charge is 0.215 e. The van der Waals surface area contributed by atoms with Gasteiger partial charge in [-0.3, -0.25) is 4.90 Å². The molecule has 6 heteroatoms. The fourth-order valence-electron chi connectivity index (χ4n) is 1.97. The summed E-state index contributed by atoms with van der Waals surface area (Å²) in [6, 6.07) is 0. The van der Waals surface area contributed by atoms with Crippen LogP contribution in [-0.2, 0) is 14.8 Å². The largest absolute Gasteiger partial charge is 0.380 e. The maximum atomic E-state index is 11.7. The van der Waals surface area contributed by atoms with Gasteiger partial charge in [0.15, 0.2) is 0 Å². The first-order valence-electron chi connectivity index (χ1n) is 5.82. The average molecular weight is 250 g/mol. The molecule has 1 N–H and O–H groups in total. The molecular formula is C10H22N2O3S. The van der Waals surface area contributed by atoms with E-state index in [4.69, 9.17) is 4.74 Å². The first-order chi connectivity index (χ1) is 7.60. The van der Waals surface area contributed by atoms with Gasteiger partial charge >= 0.3 is 0 Å². The van der Waals surface area contributed by atoms with Gasteiger partial charge in [-0.05, 0) is 33.4 Å². The van der Waals surface area contributed by atoms with Crippen molar-refractivity contribution in [2.45, 2.75) is 25.0 Å². The van der Waals surface area contributed by atoms with E-state index in [1.165, 1.54) is 7.05 Å². The number of hydrogen-bond donors (Lipinski definition) is 1. The van der Waals surface area contributed by atoms with Crippen LogP contribution >= 0.6 is 0 Å². The van der Waals surface area contributed by atoms with E-state index in [-0.39, 0.29) is 5.25 Å². The first kappa shape index (κ1) is 13.9. The lowest BCUT2D eigenvalue weighted by Crippen LogP contribution is -2.46. The van der Waals surface area contributed by atoms with Crippen LogP contribution in [0.25, 0.3) is 0 Å². The number of nitrogens with one attached hydrogen (secondary N) is 1. The summed E-state index contributed by atoms with van der Waals surface area (Å²) in [6.07, 6.45) is 1.70. The molecule has 96 valence electrons. The molecule has 1 atom stereocenters. The van der Waals surface area contributed by atoms with Crippen molar-refractivity contribution in [1.82, 2.24) is 9.62 Å². The highest BCUT2D eigenvalue weighted by atomic mass is 32.2. The topological polar surface area (TPSA) is 58.6 Å². The Bertz CT molecular complexity index is 292. The molecule has 0 spiro atoms. The molecule has 0 aliphatic carbocycles. The van der Waals surface area contributed by atoms with Crippen molar-refractivity contribution in [3.63, 3.8) is 0 Å². The van der Waals surface area contributed by atoms with Crippen molar-refractivity contribution in [2.75, 3.05) is 39.9 Å².